The van der Waals surface area contributed by atoms with E-state index in [9.17, 15) is 4.79 Å². The average molecular weight is 241 g/mol. The summed E-state index contributed by atoms with van der Waals surface area (Å²) in [5, 5.41) is 8.92. The van der Waals surface area contributed by atoms with Crippen LogP contribution in [0.3, 0.4) is 0 Å². The summed E-state index contributed by atoms with van der Waals surface area (Å²) in [6.07, 6.45) is 0.261. The Balaban J connectivity index is 1.94. The Morgan fingerprint density at radius 2 is 2.06 bits per heavy atom. The summed E-state index contributed by atoms with van der Waals surface area (Å²) in [5.74, 6) is 0.502. The molecule has 3 rings (SSSR count). The lowest BCUT2D eigenvalue weighted by atomic mass is 10.1. The number of fused-ring (bicyclic) bond motifs is 1. The van der Waals surface area contributed by atoms with Crippen molar-refractivity contribution in [2.45, 2.75) is 13.0 Å². The fraction of sp³-hybridized carbons (Fsp3) is 0.143. The Labute approximate surface area is 104 Å². The largest absolute Gasteiger partial charge is 0.477 e. The number of carboxylic acid groups (broad SMARTS) is 1. The molecule has 0 atom stereocenters. The minimum absolute atomic E-state index is 0.163. The van der Waals surface area contributed by atoms with E-state index in [-0.39, 0.29) is 12.1 Å². The van der Waals surface area contributed by atoms with Gasteiger partial charge in [-0.2, -0.15) is 0 Å². The number of hydrogen-bond acceptors (Lipinski definition) is 3. The molecule has 1 aliphatic heterocycles. The molecule has 2 aromatic rings. The Hall–Kier alpha value is -2.36. The molecule has 4 heteroatoms. The van der Waals surface area contributed by atoms with Gasteiger partial charge in [-0.1, -0.05) is 30.3 Å². The highest BCUT2D eigenvalue weighted by Gasteiger charge is 2.21. The zero-order valence-electron chi connectivity index (χ0n) is 9.59. The first-order valence-corrected chi connectivity index (χ1v) is 5.67. The minimum atomic E-state index is -0.974. The van der Waals surface area contributed by atoms with Crippen molar-refractivity contribution >= 4 is 11.7 Å². The molecule has 2 heterocycles. The normalized spacial score (nSPS) is 13.9. The van der Waals surface area contributed by atoms with Crippen LogP contribution in [0.15, 0.2) is 45.8 Å². The van der Waals surface area contributed by atoms with Gasteiger partial charge in [0.15, 0.2) is 0 Å². The molecule has 1 aromatic heterocycles. The van der Waals surface area contributed by atoms with Gasteiger partial charge in [-0.25, -0.2) is 4.79 Å². The van der Waals surface area contributed by atoms with Gasteiger partial charge in [-0.05, 0) is 6.07 Å². The van der Waals surface area contributed by atoms with Gasteiger partial charge in [0.05, 0.1) is 13.0 Å². The summed E-state index contributed by atoms with van der Waals surface area (Å²) >= 11 is 0. The third kappa shape index (κ3) is 1.82. The van der Waals surface area contributed by atoms with Gasteiger partial charge in [0.2, 0.25) is 0 Å². The predicted molar refractivity (Wildman–Crippen MR) is 66.6 cm³/mol. The lowest BCUT2D eigenvalue weighted by molar-refractivity contribution is -0.129. The van der Waals surface area contributed by atoms with Crippen molar-refractivity contribution in [2.75, 3.05) is 0 Å². The Kier molecular flexibility index (Phi) is 2.48. The molecule has 4 nitrogen and oxygen atoms in total. The number of aliphatic carboxylic acids is 1. The van der Waals surface area contributed by atoms with Gasteiger partial charge >= 0.3 is 5.97 Å². The highest BCUT2D eigenvalue weighted by Crippen LogP contribution is 2.28. The lowest BCUT2D eigenvalue weighted by Crippen LogP contribution is -2.19. The maximum atomic E-state index is 10.9. The molecular formula is C14H11NO3. The first-order valence-electron chi connectivity index (χ1n) is 5.67. The molecular weight excluding hydrogens is 230 g/mol. The van der Waals surface area contributed by atoms with Crippen LogP contribution >= 0.6 is 0 Å². The van der Waals surface area contributed by atoms with Crippen LogP contribution in [0.4, 0.5) is 0 Å². The van der Waals surface area contributed by atoms with E-state index in [1.54, 1.807) is 0 Å². The number of hydrogen-bond donors (Lipinski definition) is 1. The molecule has 0 aliphatic carbocycles. The molecule has 0 radical (unpaired) electrons. The monoisotopic (exact) mass is 241 g/mol. The van der Waals surface area contributed by atoms with Gasteiger partial charge in [-0.15, -0.1) is 0 Å². The first-order chi connectivity index (χ1) is 8.74. The number of benzene rings is 1. The van der Waals surface area contributed by atoms with Crippen molar-refractivity contribution in [3.05, 3.63) is 47.7 Å². The zero-order chi connectivity index (χ0) is 12.5. The van der Waals surface area contributed by atoms with E-state index in [0.717, 1.165) is 16.9 Å². The fourth-order valence-electron chi connectivity index (χ4n) is 2.03. The molecule has 90 valence electrons. The van der Waals surface area contributed by atoms with Crippen molar-refractivity contribution in [3.8, 4) is 11.3 Å². The molecule has 0 unspecified atom stereocenters. The standard InChI is InChI=1S/C14H11NO3/c16-14(17)11-7-13-10(8-15-11)6-12(18-13)9-4-2-1-3-5-9/h1-6H,7-8H2,(H,16,17). The summed E-state index contributed by atoms with van der Waals surface area (Å²) in [5.41, 5.74) is 2.12. The average Bonchev–Trinajstić information content (AvgIpc) is 2.82. The van der Waals surface area contributed by atoms with E-state index in [0.29, 0.717) is 12.3 Å². The van der Waals surface area contributed by atoms with Gasteiger partial charge in [0.1, 0.15) is 17.2 Å². The minimum Gasteiger partial charge on any atom is -0.477 e. The predicted octanol–water partition coefficient (Wildman–Crippen LogP) is 2.53. The molecule has 1 aromatic carbocycles. The van der Waals surface area contributed by atoms with E-state index in [1.165, 1.54) is 0 Å². The van der Waals surface area contributed by atoms with Crippen molar-refractivity contribution in [1.29, 1.82) is 0 Å². The number of carboxylic acids is 1. The second kappa shape index (κ2) is 4.14. The second-order valence-electron chi connectivity index (χ2n) is 4.17. The summed E-state index contributed by atoms with van der Waals surface area (Å²) in [4.78, 5) is 14.9. The zero-order valence-corrected chi connectivity index (χ0v) is 9.59. The third-order valence-corrected chi connectivity index (χ3v) is 2.97. The quantitative estimate of drug-likeness (QED) is 0.878. The van der Waals surface area contributed by atoms with E-state index < -0.39 is 5.97 Å². The second-order valence-corrected chi connectivity index (χ2v) is 4.17. The van der Waals surface area contributed by atoms with Crippen LogP contribution < -0.4 is 0 Å². The molecule has 0 bridgehead atoms. The highest BCUT2D eigenvalue weighted by molar-refractivity contribution is 6.36. The van der Waals surface area contributed by atoms with Crippen LogP contribution in [-0.2, 0) is 17.8 Å². The summed E-state index contributed by atoms with van der Waals surface area (Å²) in [6.45, 7) is 0.382. The smallest absolute Gasteiger partial charge is 0.350 e. The molecule has 0 spiro atoms. The number of carbonyl (C=O) groups is 1. The van der Waals surface area contributed by atoms with Crippen LogP contribution in [0.1, 0.15) is 11.3 Å². The summed E-state index contributed by atoms with van der Waals surface area (Å²) in [6, 6.07) is 11.7. The maximum Gasteiger partial charge on any atom is 0.350 e. The SMILES string of the molecule is O=C(O)C1=NCc2cc(-c3ccccc3)oc2C1. The molecule has 0 saturated carbocycles. The van der Waals surface area contributed by atoms with Crippen molar-refractivity contribution in [2.24, 2.45) is 4.99 Å². The summed E-state index contributed by atoms with van der Waals surface area (Å²) in [7, 11) is 0. The number of rotatable bonds is 2. The number of aliphatic imine (C=N–C) groups is 1. The van der Waals surface area contributed by atoms with Crippen molar-refractivity contribution in [1.82, 2.24) is 0 Å². The topological polar surface area (TPSA) is 62.8 Å². The third-order valence-electron chi connectivity index (χ3n) is 2.97. The van der Waals surface area contributed by atoms with Gasteiger partial charge in [0, 0.05) is 11.1 Å². The molecule has 0 fully saturated rings. The molecule has 0 amide bonds. The fourth-order valence-corrected chi connectivity index (χ4v) is 2.03. The molecule has 1 N–H and O–H groups in total. The lowest BCUT2D eigenvalue weighted by Gasteiger charge is -2.07. The van der Waals surface area contributed by atoms with E-state index in [1.807, 2.05) is 36.4 Å². The van der Waals surface area contributed by atoms with Gasteiger partial charge in [-0.3, -0.25) is 4.99 Å². The van der Waals surface area contributed by atoms with E-state index in [4.69, 9.17) is 9.52 Å². The van der Waals surface area contributed by atoms with Gasteiger partial charge < -0.3 is 9.52 Å². The van der Waals surface area contributed by atoms with Crippen LogP contribution in [0.5, 0.6) is 0 Å². The molecule has 0 saturated heterocycles. The Morgan fingerprint density at radius 3 is 2.78 bits per heavy atom. The van der Waals surface area contributed by atoms with Crippen LogP contribution in [0, 0.1) is 0 Å². The Bertz CT molecular complexity index is 626. The van der Waals surface area contributed by atoms with E-state index in [2.05, 4.69) is 4.99 Å². The Morgan fingerprint density at radius 1 is 1.28 bits per heavy atom. The van der Waals surface area contributed by atoms with Gasteiger partial charge in [0.25, 0.3) is 0 Å². The molecule has 18 heavy (non-hydrogen) atoms. The highest BCUT2D eigenvalue weighted by atomic mass is 16.4. The van der Waals surface area contributed by atoms with E-state index >= 15 is 0 Å². The van der Waals surface area contributed by atoms with Crippen molar-refractivity contribution < 1.29 is 14.3 Å². The van der Waals surface area contributed by atoms with Crippen molar-refractivity contribution in [3.63, 3.8) is 0 Å². The maximum absolute atomic E-state index is 10.9. The number of furan rings is 1. The first kappa shape index (κ1) is 10.8. The number of nitrogens with zero attached hydrogens (tertiary/aromatic N) is 1. The molecule has 1 aliphatic rings. The van der Waals surface area contributed by atoms with Crippen LogP contribution in [0.25, 0.3) is 11.3 Å². The van der Waals surface area contributed by atoms with Crippen LogP contribution in [0.2, 0.25) is 0 Å². The van der Waals surface area contributed by atoms with Crippen LogP contribution in [-0.4, -0.2) is 16.8 Å². The summed E-state index contributed by atoms with van der Waals surface area (Å²) < 4.78 is 5.73.